The molecule has 0 radical (unpaired) electrons. The van der Waals surface area contributed by atoms with Crippen molar-refractivity contribution in [3.8, 4) is 0 Å². The van der Waals surface area contributed by atoms with E-state index in [0.717, 1.165) is 12.3 Å². The summed E-state index contributed by atoms with van der Waals surface area (Å²) in [5, 5.41) is 13.5. The van der Waals surface area contributed by atoms with E-state index >= 15 is 0 Å². The molecule has 18 heavy (non-hydrogen) atoms. The number of nitro groups is 1. The number of rotatable bonds is 7. The molecule has 1 rings (SSSR count). The minimum atomic E-state index is -0.726. The molecule has 0 aliphatic rings. The van der Waals surface area contributed by atoms with Crippen LogP contribution in [0.5, 0.6) is 0 Å². The van der Waals surface area contributed by atoms with Crippen molar-refractivity contribution in [3.05, 3.63) is 28.2 Å². The molecule has 0 saturated heterocycles. The van der Waals surface area contributed by atoms with Gasteiger partial charge in [-0.15, -0.1) is 0 Å². The van der Waals surface area contributed by atoms with E-state index in [1.165, 1.54) is 0 Å². The summed E-state index contributed by atoms with van der Waals surface area (Å²) in [6, 6.07) is 0.847. The fourth-order valence-corrected chi connectivity index (χ4v) is 1.30. The van der Waals surface area contributed by atoms with E-state index in [0.29, 0.717) is 19.6 Å². The van der Waals surface area contributed by atoms with Crippen molar-refractivity contribution in [3.63, 3.8) is 0 Å². The van der Waals surface area contributed by atoms with Crippen LogP contribution in [0.25, 0.3) is 0 Å². The quantitative estimate of drug-likeness (QED) is 0.461. The van der Waals surface area contributed by atoms with Crippen molar-refractivity contribution in [2.75, 3.05) is 18.5 Å². The van der Waals surface area contributed by atoms with Crippen molar-refractivity contribution in [1.29, 1.82) is 0 Å². The van der Waals surface area contributed by atoms with Gasteiger partial charge in [0, 0.05) is 13.2 Å². The summed E-state index contributed by atoms with van der Waals surface area (Å²) in [5.41, 5.74) is -0.361. The zero-order valence-electron chi connectivity index (χ0n) is 10.4. The lowest BCUT2D eigenvalue weighted by atomic mass is 10.3. The van der Waals surface area contributed by atoms with Crippen LogP contribution in [0.3, 0.4) is 0 Å². The van der Waals surface area contributed by atoms with E-state index in [4.69, 9.17) is 4.74 Å². The van der Waals surface area contributed by atoms with E-state index in [-0.39, 0.29) is 17.6 Å². The molecule has 0 spiro atoms. The molecule has 0 atom stereocenters. The fourth-order valence-electron chi connectivity index (χ4n) is 1.30. The van der Waals surface area contributed by atoms with Crippen LogP contribution in [0.15, 0.2) is 12.3 Å². The van der Waals surface area contributed by atoms with Gasteiger partial charge in [-0.05, 0) is 20.3 Å². The molecule has 0 aliphatic heterocycles. The van der Waals surface area contributed by atoms with Gasteiger partial charge in [0.2, 0.25) is 5.82 Å². The number of hydrogen-bond donors (Lipinski definition) is 1. The molecule has 0 fully saturated rings. The third kappa shape index (κ3) is 4.62. The predicted octanol–water partition coefficient (Wildman–Crippen LogP) is 2.36. The van der Waals surface area contributed by atoms with E-state index < -0.39 is 10.7 Å². The lowest BCUT2D eigenvalue weighted by molar-refractivity contribution is -0.384. The Kier molecular flexibility index (Phi) is 5.44. The molecule has 0 unspecified atom stereocenters. The number of aromatic nitrogens is 1. The third-order valence-electron chi connectivity index (χ3n) is 2.10. The van der Waals surface area contributed by atoms with E-state index in [1.807, 2.05) is 13.8 Å². The van der Waals surface area contributed by atoms with Crippen molar-refractivity contribution < 1.29 is 14.1 Å². The van der Waals surface area contributed by atoms with Gasteiger partial charge in [0.05, 0.1) is 23.3 Å². The molecule has 1 aromatic heterocycles. The predicted molar refractivity (Wildman–Crippen MR) is 65.0 cm³/mol. The highest BCUT2D eigenvalue weighted by Gasteiger charge is 2.15. The lowest BCUT2D eigenvalue weighted by Crippen LogP contribution is -2.11. The molecule has 7 heteroatoms. The average molecular weight is 257 g/mol. The first kappa shape index (κ1) is 14.3. The summed E-state index contributed by atoms with van der Waals surface area (Å²) >= 11 is 0. The summed E-state index contributed by atoms with van der Waals surface area (Å²) < 4.78 is 18.1. The van der Waals surface area contributed by atoms with Crippen LogP contribution in [0, 0.1) is 15.9 Å². The summed E-state index contributed by atoms with van der Waals surface area (Å²) in [6.07, 6.45) is 1.79. The molecule has 0 amide bonds. The Balaban J connectivity index is 2.49. The van der Waals surface area contributed by atoms with Crippen LogP contribution in [0.4, 0.5) is 15.9 Å². The lowest BCUT2D eigenvalue weighted by Gasteiger charge is -2.08. The van der Waals surface area contributed by atoms with Gasteiger partial charge in [-0.3, -0.25) is 10.1 Å². The van der Waals surface area contributed by atoms with Crippen LogP contribution in [0.2, 0.25) is 0 Å². The van der Waals surface area contributed by atoms with Gasteiger partial charge in [0.1, 0.15) is 5.82 Å². The number of anilines is 1. The molecular weight excluding hydrogens is 241 g/mol. The minimum Gasteiger partial charge on any atom is -0.379 e. The third-order valence-corrected chi connectivity index (χ3v) is 2.10. The first-order valence-electron chi connectivity index (χ1n) is 5.66. The molecule has 1 heterocycles. The van der Waals surface area contributed by atoms with Crippen molar-refractivity contribution in [2.24, 2.45) is 0 Å². The second kappa shape index (κ2) is 6.85. The Hall–Kier alpha value is -1.76. The summed E-state index contributed by atoms with van der Waals surface area (Å²) in [6.45, 7) is 4.89. The van der Waals surface area contributed by atoms with E-state index in [2.05, 4.69) is 10.3 Å². The number of halogens is 1. The number of hydrogen-bond acceptors (Lipinski definition) is 5. The highest BCUT2D eigenvalue weighted by atomic mass is 19.1. The van der Waals surface area contributed by atoms with Crippen LogP contribution in [-0.2, 0) is 4.74 Å². The van der Waals surface area contributed by atoms with Crippen LogP contribution >= 0.6 is 0 Å². The average Bonchev–Trinajstić information content (AvgIpc) is 2.29. The molecule has 0 saturated carbocycles. The first-order chi connectivity index (χ1) is 8.50. The topological polar surface area (TPSA) is 77.3 Å². The Morgan fingerprint density at radius 1 is 1.61 bits per heavy atom. The molecule has 0 bridgehead atoms. The number of pyridine rings is 1. The maximum atomic E-state index is 12.8. The monoisotopic (exact) mass is 257 g/mol. The Labute approximate surface area is 104 Å². The van der Waals surface area contributed by atoms with E-state index in [1.54, 1.807) is 0 Å². The zero-order valence-corrected chi connectivity index (χ0v) is 10.4. The molecule has 0 aliphatic carbocycles. The van der Waals surface area contributed by atoms with E-state index in [9.17, 15) is 14.5 Å². The van der Waals surface area contributed by atoms with Crippen molar-refractivity contribution in [1.82, 2.24) is 4.98 Å². The number of nitrogens with zero attached hydrogens (tertiary/aromatic N) is 2. The fraction of sp³-hybridized carbons (Fsp3) is 0.545. The highest BCUT2D eigenvalue weighted by molar-refractivity contribution is 5.55. The summed E-state index contributed by atoms with van der Waals surface area (Å²) in [5.74, 6) is -0.652. The molecule has 1 N–H and O–H groups in total. The minimum absolute atomic E-state index is 0.0750. The summed E-state index contributed by atoms with van der Waals surface area (Å²) in [4.78, 5) is 13.7. The van der Waals surface area contributed by atoms with Gasteiger partial charge in [-0.2, -0.15) is 0 Å². The molecular formula is C11H16FN3O3. The number of ether oxygens (including phenoxy) is 1. The smallest absolute Gasteiger partial charge is 0.314 e. The van der Waals surface area contributed by atoms with Gasteiger partial charge in [-0.1, -0.05) is 0 Å². The maximum absolute atomic E-state index is 12.8. The zero-order chi connectivity index (χ0) is 13.5. The Morgan fingerprint density at radius 2 is 2.33 bits per heavy atom. The Bertz CT molecular complexity index is 413. The van der Waals surface area contributed by atoms with Crippen LogP contribution < -0.4 is 5.32 Å². The largest absolute Gasteiger partial charge is 0.379 e. The highest BCUT2D eigenvalue weighted by Crippen LogP contribution is 2.21. The maximum Gasteiger partial charge on any atom is 0.314 e. The van der Waals surface area contributed by atoms with Gasteiger partial charge >= 0.3 is 5.69 Å². The van der Waals surface area contributed by atoms with Crippen molar-refractivity contribution in [2.45, 2.75) is 26.4 Å². The van der Waals surface area contributed by atoms with Gasteiger partial charge in [0.15, 0.2) is 0 Å². The Morgan fingerprint density at radius 3 is 2.94 bits per heavy atom. The molecule has 100 valence electrons. The van der Waals surface area contributed by atoms with Gasteiger partial charge in [0.25, 0.3) is 0 Å². The molecule has 1 aromatic rings. The number of nitrogens with one attached hydrogen (secondary N) is 1. The standard InChI is InChI=1S/C11H16FN3O3/c1-8(2)18-5-3-4-13-11-10(15(16)17)6-9(12)7-14-11/h6-8H,3-5H2,1-2H3,(H,13,14). The van der Waals surface area contributed by atoms with Gasteiger partial charge in [-0.25, -0.2) is 9.37 Å². The van der Waals surface area contributed by atoms with Gasteiger partial charge < -0.3 is 10.1 Å². The second-order valence-corrected chi connectivity index (χ2v) is 3.98. The van der Waals surface area contributed by atoms with Crippen molar-refractivity contribution >= 4 is 11.5 Å². The SMILES string of the molecule is CC(C)OCCCNc1ncc(F)cc1[N+](=O)[O-]. The summed E-state index contributed by atoms with van der Waals surface area (Å²) in [7, 11) is 0. The molecule has 6 nitrogen and oxygen atoms in total. The van der Waals surface area contributed by atoms with Crippen LogP contribution in [-0.4, -0.2) is 29.2 Å². The normalized spacial score (nSPS) is 10.7. The second-order valence-electron chi connectivity index (χ2n) is 3.98. The molecule has 0 aromatic carbocycles. The first-order valence-corrected chi connectivity index (χ1v) is 5.66. The van der Waals surface area contributed by atoms with Crippen LogP contribution in [0.1, 0.15) is 20.3 Å².